The maximum absolute atomic E-state index is 12.8. The van der Waals surface area contributed by atoms with E-state index in [-0.39, 0.29) is 66.3 Å². The summed E-state index contributed by atoms with van der Waals surface area (Å²) in [5, 5.41) is 56.4. The number of nitrogen functional groups attached to an aromatic ring is 1. The lowest BCUT2D eigenvalue weighted by molar-refractivity contribution is -0.261. The topological polar surface area (TPSA) is 443 Å². The lowest BCUT2D eigenvalue weighted by Gasteiger charge is -2.35. The van der Waals surface area contributed by atoms with E-state index in [9.17, 15) is 73.2 Å². The smallest absolute Gasteiger partial charge is 0.393 e. The van der Waals surface area contributed by atoms with Gasteiger partial charge in [-0.1, -0.05) is 89.8 Å². The molecule has 4 heterocycles. The molecule has 0 saturated carbocycles. The number of phosphoric acid groups is 3. The van der Waals surface area contributed by atoms with E-state index in [2.05, 4.69) is 34.4 Å². The molecule has 436 valence electrons. The van der Waals surface area contributed by atoms with Crippen LogP contribution in [0.25, 0.3) is 11.2 Å². The number of thioether (sulfide) groups is 1. The van der Waals surface area contributed by atoms with Crippen molar-refractivity contribution < 1.29 is 105 Å². The zero-order valence-corrected chi connectivity index (χ0v) is 46.2. The molecular formula is C43H76N7O22P3S. The summed E-state index contributed by atoms with van der Waals surface area (Å²) >= 11 is 0.979. The van der Waals surface area contributed by atoms with Crippen LogP contribution in [0.5, 0.6) is 0 Å². The molecule has 0 spiro atoms. The monoisotopic (exact) mass is 1170 g/mol. The van der Waals surface area contributed by atoms with Crippen molar-refractivity contribution in [2.75, 3.05) is 44.4 Å². The van der Waals surface area contributed by atoms with Gasteiger partial charge in [-0.2, -0.15) is 4.31 Å². The average molecular weight is 1170 g/mol. The quantitative estimate of drug-likeness (QED) is 0.0343. The van der Waals surface area contributed by atoms with Gasteiger partial charge in [-0.15, -0.1) is 0 Å². The Morgan fingerprint density at radius 3 is 2.16 bits per heavy atom. The van der Waals surface area contributed by atoms with Crippen LogP contribution in [0.4, 0.5) is 5.82 Å². The van der Waals surface area contributed by atoms with Crippen LogP contribution in [-0.2, 0) is 60.2 Å². The van der Waals surface area contributed by atoms with Gasteiger partial charge in [0.05, 0.1) is 37.9 Å². The van der Waals surface area contributed by atoms with Gasteiger partial charge >= 0.3 is 23.5 Å². The molecular weight excluding hydrogens is 1090 g/mol. The van der Waals surface area contributed by atoms with E-state index in [1.54, 1.807) is 6.92 Å². The van der Waals surface area contributed by atoms with Crippen molar-refractivity contribution in [1.82, 2.24) is 30.2 Å². The summed E-state index contributed by atoms with van der Waals surface area (Å²) < 4.78 is 73.7. The van der Waals surface area contributed by atoms with Gasteiger partial charge < -0.3 is 75.7 Å². The lowest BCUT2D eigenvalue weighted by Crippen LogP contribution is -2.47. The minimum Gasteiger partial charge on any atom is -0.393 e. The first kappa shape index (κ1) is 65.9. The van der Waals surface area contributed by atoms with Gasteiger partial charge in [-0.05, 0) is 19.8 Å². The van der Waals surface area contributed by atoms with E-state index >= 15 is 0 Å². The first-order valence-corrected chi connectivity index (χ1v) is 30.5. The van der Waals surface area contributed by atoms with Gasteiger partial charge in [0.2, 0.25) is 11.8 Å². The number of amides is 2. The number of nitrogens with zero attached hydrogens (tertiary/aromatic N) is 4. The molecule has 2 aromatic heterocycles. The largest absolute Gasteiger partial charge is 0.481 e. The van der Waals surface area contributed by atoms with Gasteiger partial charge in [-0.25, -0.2) is 28.6 Å². The van der Waals surface area contributed by atoms with E-state index in [0.717, 1.165) is 93.2 Å². The SMILES string of the molecule is C[C@@H]1O[C@@H](OCCCCCCCCCCCCC[C@@H](O)CC(=O)SCCNC(=O)CCNC(=O)[C@H](O)C(C)(C)COP(=O)(O)OP(=O)(O)OC[C@H]2O[C@@H](n3cnc4c(N)ncnc43)[C@H](O)[C@@H]2OP(=O)(O)O)[C@H](O)C[C@H]1O. The highest BCUT2D eigenvalue weighted by Crippen LogP contribution is 2.61. The summed E-state index contributed by atoms with van der Waals surface area (Å²) in [7, 11) is -16.5. The summed E-state index contributed by atoms with van der Waals surface area (Å²) in [4.78, 5) is 88.6. The number of hydrogen-bond acceptors (Lipinski definition) is 23. The predicted molar refractivity (Wildman–Crippen MR) is 270 cm³/mol. The molecule has 76 heavy (non-hydrogen) atoms. The molecule has 33 heteroatoms. The van der Waals surface area contributed by atoms with Crippen molar-refractivity contribution in [3.8, 4) is 0 Å². The highest BCUT2D eigenvalue weighted by atomic mass is 32.2. The van der Waals surface area contributed by atoms with Crippen LogP contribution >= 0.6 is 35.2 Å². The molecule has 29 nitrogen and oxygen atoms in total. The Morgan fingerprint density at radius 1 is 0.868 bits per heavy atom. The number of nitrogens with two attached hydrogens (primary N) is 1. The third kappa shape index (κ3) is 22.8. The molecule has 2 aliphatic rings. The Kier molecular flexibility index (Phi) is 27.2. The number of imidazole rings is 1. The van der Waals surface area contributed by atoms with E-state index in [4.69, 9.17) is 29.0 Å². The van der Waals surface area contributed by atoms with Crippen LogP contribution in [0.1, 0.15) is 123 Å². The standard InChI is InChI=1S/C43H76N7O22P3S/c1-27-29(52)22-30(53)42(69-27)66-19-14-12-10-8-6-4-5-7-9-11-13-15-28(51)21-33(55)76-20-18-45-32(54)16-17-46-40(58)37(57)43(2,3)24-68-75(64,65)72-74(62,63)67-23-31-36(71-73(59,60)61)35(56)41(70-31)50-26-49-34-38(44)47-25-48-39(34)50/h25-31,35-37,41-42,51-53,56-57H,4-24H2,1-3H3,(H,45,54)(H,46,58)(H,62,63)(H,64,65)(H2,44,47,48)(H2,59,60,61)/t27-,28+,29+,30+,31+,35+,36+,37-,41+,42+/m0/s1. The molecule has 0 aliphatic carbocycles. The van der Waals surface area contributed by atoms with Crippen LogP contribution in [-0.4, -0.2) is 175 Å². The van der Waals surface area contributed by atoms with Crippen molar-refractivity contribution in [3.63, 3.8) is 0 Å². The van der Waals surface area contributed by atoms with Crippen LogP contribution in [0, 0.1) is 5.41 Å². The zero-order valence-electron chi connectivity index (χ0n) is 42.7. The summed E-state index contributed by atoms with van der Waals surface area (Å²) in [6.07, 6.45) is 2.05. The number of aromatic nitrogens is 4. The average Bonchev–Trinajstić information content (AvgIpc) is 3.90. The minimum absolute atomic E-state index is 0.00766. The Hall–Kier alpha value is -2.64. The van der Waals surface area contributed by atoms with Gasteiger partial charge in [-0.3, -0.25) is 32.5 Å². The van der Waals surface area contributed by atoms with Gasteiger partial charge in [0, 0.05) is 50.1 Å². The highest BCUT2D eigenvalue weighted by Gasteiger charge is 2.50. The number of hydrogen-bond donors (Lipinski definition) is 12. The number of anilines is 1. The number of aliphatic hydroxyl groups excluding tert-OH is 5. The first-order chi connectivity index (χ1) is 35.7. The number of fused-ring (bicyclic) bond motifs is 1. The molecule has 0 bridgehead atoms. The number of rotatable bonds is 36. The zero-order chi connectivity index (χ0) is 56.3. The molecule has 0 radical (unpaired) electrons. The fourth-order valence-electron chi connectivity index (χ4n) is 8.01. The number of nitrogens with one attached hydrogen (secondary N) is 2. The number of aliphatic hydroxyl groups is 5. The minimum atomic E-state index is -5.60. The maximum Gasteiger partial charge on any atom is 0.481 e. The van der Waals surface area contributed by atoms with Gasteiger partial charge in [0.1, 0.15) is 42.4 Å². The molecule has 2 saturated heterocycles. The third-order valence-corrected chi connectivity index (χ3v) is 16.3. The van der Waals surface area contributed by atoms with Crippen LogP contribution in [0.15, 0.2) is 12.7 Å². The Morgan fingerprint density at radius 2 is 1.50 bits per heavy atom. The fraction of sp³-hybridized carbons (Fsp3) is 0.814. The summed E-state index contributed by atoms with van der Waals surface area (Å²) in [6.45, 7) is 2.61. The van der Waals surface area contributed by atoms with Crippen molar-refractivity contribution >= 4 is 69.1 Å². The number of phosphoric ester groups is 3. The molecule has 2 aromatic rings. The number of carbonyl (C=O) groups is 3. The van der Waals surface area contributed by atoms with Gasteiger partial charge in [0.15, 0.2) is 29.1 Å². The predicted octanol–water partition coefficient (Wildman–Crippen LogP) is 1.97. The first-order valence-electron chi connectivity index (χ1n) is 25.0. The van der Waals surface area contributed by atoms with E-state index < -0.39 is 109 Å². The second kappa shape index (κ2) is 31.4. The fourth-order valence-corrected chi connectivity index (χ4v) is 11.6. The summed E-state index contributed by atoms with van der Waals surface area (Å²) in [5.41, 5.74) is 4.23. The lowest BCUT2D eigenvalue weighted by atomic mass is 9.87. The summed E-state index contributed by atoms with van der Waals surface area (Å²) in [5.74, 6) is -1.28. The second-order valence-corrected chi connectivity index (χ2v) is 24.7. The number of unbranched alkanes of at least 4 members (excludes halogenated alkanes) is 10. The molecule has 2 fully saturated rings. The third-order valence-electron chi connectivity index (χ3n) is 12.3. The molecule has 13 N–H and O–H groups in total. The molecule has 0 aromatic carbocycles. The van der Waals surface area contributed by atoms with Crippen molar-refractivity contribution in [2.24, 2.45) is 5.41 Å². The van der Waals surface area contributed by atoms with E-state index in [1.165, 1.54) is 20.3 Å². The van der Waals surface area contributed by atoms with Crippen molar-refractivity contribution in [3.05, 3.63) is 12.7 Å². The van der Waals surface area contributed by atoms with Crippen LogP contribution in [0.2, 0.25) is 0 Å². The normalized spacial score (nSPS) is 24.7. The highest BCUT2D eigenvalue weighted by molar-refractivity contribution is 8.13. The molecule has 2 aliphatic heterocycles. The molecule has 2 unspecified atom stereocenters. The maximum atomic E-state index is 12.8. The van der Waals surface area contributed by atoms with E-state index in [0.29, 0.717) is 13.0 Å². The second-order valence-electron chi connectivity index (χ2n) is 19.3. The summed E-state index contributed by atoms with van der Waals surface area (Å²) in [6, 6.07) is 0. The molecule has 2 amide bonds. The Bertz CT molecular complexity index is 2280. The molecule has 12 atom stereocenters. The van der Waals surface area contributed by atoms with Gasteiger partial charge in [0.25, 0.3) is 0 Å². The van der Waals surface area contributed by atoms with Crippen molar-refractivity contribution in [2.45, 2.75) is 178 Å². The Balaban J connectivity index is 1.01. The van der Waals surface area contributed by atoms with Crippen molar-refractivity contribution in [1.29, 1.82) is 0 Å². The van der Waals surface area contributed by atoms with Crippen LogP contribution < -0.4 is 16.4 Å². The van der Waals surface area contributed by atoms with Crippen LogP contribution in [0.3, 0.4) is 0 Å². The van der Waals surface area contributed by atoms with E-state index in [1.807, 2.05) is 0 Å². The molecule has 4 rings (SSSR count). The number of ether oxygens (including phenoxy) is 3. The Labute approximate surface area is 444 Å². The number of carbonyl (C=O) groups excluding carboxylic acids is 3.